The maximum absolute atomic E-state index is 5.94. The van der Waals surface area contributed by atoms with Gasteiger partial charge in [-0.1, -0.05) is 36.6 Å². The highest BCUT2D eigenvalue weighted by atomic mass is 35.5. The van der Waals surface area contributed by atoms with Crippen LogP contribution in [0.25, 0.3) is 0 Å². The van der Waals surface area contributed by atoms with Gasteiger partial charge in [0.05, 0.1) is 0 Å². The van der Waals surface area contributed by atoms with Gasteiger partial charge in [-0.25, -0.2) is 0 Å². The van der Waals surface area contributed by atoms with Crippen LogP contribution in [0.2, 0.25) is 5.02 Å². The van der Waals surface area contributed by atoms with Gasteiger partial charge < -0.3 is 5.32 Å². The summed E-state index contributed by atoms with van der Waals surface area (Å²) in [6.07, 6.45) is 8.32. The average molecular weight is 278 g/mol. The van der Waals surface area contributed by atoms with Gasteiger partial charge in [-0.2, -0.15) is 0 Å². The van der Waals surface area contributed by atoms with Crippen molar-refractivity contribution < 1.29 is 0 Å². The van der Waals surface area contributed by atoms with E-state index in [9.17, 15) is 0 Å². The van der Waals surface area contributed by atoms with Crippen LogP contribution in [0, 0.1) is 5.92 Å². The molecule has 3 rings (SSSR count). The van der Waals surface area contributed by atoms with Crippen molar-refractivity contribution in [3.05, 3.63) is 34.9 Å². The molecule has 0 aromatic heterocycles. The van der Waals surface area contributed by atoms with Crippen molar-refractivity contribution in [3.63, 3.8) is 0 Å². The fourth-order valence-corrected chi connectivity index (χ4v) is 3.85. The number of nitrogens with one attached hydrogen (secondary N) is 1. The van der Waals surface area contributed by atoms with E-state index in [0.717, 1.165) is 22.9 Å². The molecule has 1 aromatic rings. The second-order valence-corrected chi connectivity index (χ2v) is 6.85. The molecule has 0 amide bonds. The summed E-state index contributed by atoms with van der Waals surface area (Å²) in [6.45, 7) is 2.38. The standard InChI is InChI=1S/C17H24ClN/c1-12(13-4-2-3-5-13)19-17-10-15(11-17)14-6-8-16(18)9-7-14/h6-9,12-13,15,17,19H,2-5,10-11H2,1H3/t12-,15?,17?/m1/s1. The van der Waals surface area contributed by atoms with E-state index in [1.54, 1.807) is 0 Å². The molecule has 2 heteroatoms. The van der Waals surface area contributed by atoms with Gasteiger partial charge in [0.25, 0.3) is 0 Å². The van der Waals surface area contributed by atoms with Gasteiger partial charge in [-0.3, -0.25) is 0 Å². The first-order valence-corrected chi connectivity index (χ1v) is 8.11. The molecule has 0 aliphatic heterocycles. The minimum atomic E-state index is 0.707. The molecule has 1 aromatic carbocycles. The summed E-state index contributed by atoms with van der Waals surface area (Å²) in [4.78, 5) is 0. The van der Waals surface area contributed by atoms with E-state index < -0.39 is 0 Å². The monoisotopic (exact) mass is 277 g/mol. The Morgan fingerprint density at radius 1 is 1.11 bits per heavy atom. The Hall–Kier alpha value is -0.530. The predicted octanol–water partition coefficient (Wildman–Crippen LogP) is 4.75. The number of halogens is 1. The van der Waals surface area contributed by atoms with E-state index in [1.807, 2.05) is 12.1 Å². The molecule has 0 spiro atoms. The fraction of sp³-hybridized carbons (Fsp3) is 0.647. The molecule has 0 heterocycles. The van der Waals surface area contributed by atoms with Crippen molar-refractivity contribution >= 4 is 11.6 Å². The molecule has 2 aliphatic rings. The van der Waals surface area contributed by atoms with Crippen LogP contribution >= 0.6 is 11.6 Å². The summed E-state index contributed by atoms with van der Waals surface area (Å²) in [7, 11) is 0. The van der Waals surface area contributed by atoms with Crippen molar-refractivity contribution in [2.45, 2.75) is 63.5 Å². The summed E-state index contributed by atoms with van der Waals surface area (Å²) in [5, 5.41) is 4.68. The quantitative estimate of drug-likeness (QED) is 0.837. The van der Waals surface area contributed by atoms with Gasteiger partial charge in [0, 0.05) is 17.1 Å². The zero-order valence-corrected chi connectivity index (χ0v) is 12.5. The summed E-state index contributed by atoms with van der Waals surface area (Å²) >= 11 is 5.94. The lowest BCUT2D eigenvalue weighted by Crippen LogP contribution is -2.46. The van der Waals surface area contributed by atoms with Crippen molar-refractivity contribution in [2.75, 3.05) is 0 Å². The van der Waals surface area contributed by atoms with Gasteiger partial charge in [-0.15, -0.1) is 0 Å². The molecule has 0 unspecified atom stereocenters. The lowest BCUT2D eigenvalue weighted by Gasteiger charge is -2.39. The zero-order chi connectivity index (χ0) is 13.2. The van der Waals surface area contributed by atoms with E-state index in [-0.39, 0.29) is 0 Å². The normalized spacial score (nSPS) is 29.2. The SMILES string of the molecule is C[C@@H](NC1CC(c2ccc(Cl)cc2)C1)C1CCCC1. The Balaban J connectivity index is 1.46. The van der Waals surface area contributed by atoms with Gasteiger partial charge >= 0.3 is 0 Å². The second kappa shape index (κ2) is 5.85. The Bertz CT molecular complexity index is 402. The maximum atomic E-state index is 5.94. The first kappa shape index (κ1) is 13.5. The predicted molar refractivity (Wildman–Crippen MR) is 81.8 cm³/mol. The highest BCUT2D eigenvalue weighted by molar-refractivity contribution is 6.30. The van der Waals surface area contributed by atoms with E-state index in [1.165, 1.54) is 44.1 Å². The van der Waals surface area contributed by atoms with Gasteiger partial charge in [0.15, 0.2) is 0 Å². The maximum Gasteiger partial charge on any atom is 0.0406 e. The molecule has 0 radical (unpaired) electrons. The number of rotatable bonds is 4. The smallest absolute Gasteiger partial charge is 0.0406 e. The third-order valence-corrected chi connectivity index (χ3v) is 5.34. The highest BCUT2D eigenvalue weighted by Gasteiger charge is 2.32. The first-order valence-electron chi connectivity index (χ1n) is 7.74. The largest absolute Gasteiger partial charge is 0.311 e. The Kier molecular flexibility index (Phi) is 4.14. The summed E-state index contributed by atoms with van der Waals surface area (Å²) in [5.74, 6) is 1.67. The topological polar surface area (TPSA) is 12.0 Å². The van der Waals surface area contributed by atoms with E-state index in [4.69, 9.17) is 11.6 Å². The molecular weight excluding hydrogens is 254 g/mol. The average Bonchev–Trinajstić information content (AvgIpc) is 2.88. The molecular formula is C17H24ClN. The Morgan fingerprint density at radius 2 is 1.74 bits per heavy atom. The van der Waals surface area contributed by atoms with Gasteiger partial charge in [0.1, 0.15) is 0 Å². The van der Waals surface area contributed by atoms with Crippen LogP contribution < -0.4 is 5.32 Å². The molecule has 104 valence electrons. The Labute approximate surface area is 121 Å². The summed E-state index contributed by atoms with van der Waals surface area (Å²) in [5.41, 5.74) is 1.45. The van der Waals surface area contributed by atoms with Crippen LogP contribution in [-0.4, -0.2) is 12.1 Å². The van der Waals surface area contributed by atoms with E-state index in [2.05, 4.69) is 24.4 Å². The zero-order valence-electron chi connectivity index (χ0n) is 11.7. The van der Waals surface area contributed by atoms with Crippen LogP contribution in [0.4, 0.5) is 0 Å². The first-order chi connectivity index (χ1) is 9.22. The molecule has 1 atom stereocenters. The molecule has 0 saturated heterocycles. The van der Waals surface area contributed by atoms with Crippen LogP contribution in [0.3, 0.4) is 0 Å². The minimum Gasteiger partial charge on any atom is -0.311 e. The molecule has 2 saturated carbocycles. The van der Waals surface area contributed by atoms with Crippen molar-refractivity contribution in [3.8, 4) is 0 Å². The van der Waals surface area contributed by atoms with Crippen LogP contribution in [0.15, 0.2) is 24.3 Å². The fourth-order valence-electron chi connectivity index (χ4n) is 3.73. The van der Waals surface area contributed by atoms with Crippen LogP contribution in [0.1, 0.15) is 56.9 Å². The molecule has 1 nitrogen and oxygen atoms in total. The van der Waals surface area contributed by atoms with Crippen LogP contribution in [-0.2, 0) is 0 Å². The lowest BCUT2D eigenvalue weighted by atomic mass is 9.75. The third kappa shape index (κ3) is 3.14. The molecule has 19 heavy (non-hydrogen) atoms. The number of hydrogen-bond donors (Lipinski definition) is 1. The Morgan fingerprint density at radius 3 is 2.37 bits per heavy atom. The highest BCUT2D eigenvalue weighted by Crippen LogP contribution is 2.38. The molecule has 2 aliphatic carbocycles. The second-order valence-electron chi connectivity index (χ2n) is 6.42. The third-order valence-electron chi connectivity index (χ3n) is 5.09. The number of benzene rings is 1. The lowest BCUT2D eigenvalue weighted by molar-refractivity contribution is 0.239. The van der Waals surface area contributed by atoms with Crippen molar-refractivity contribution in [2.24, 2.45) is 5.92 Å². The number of hydrogen-bond acceptors (Lipinski definition) is 1. The molecule has 2 fully saturated rings. The van der Waals surface area contributed by atoms with Gasteiger partial charge in [0.2, 0.25) is 0 Å². The van der Waals surface area contributed by atoms with E-state index >= 15 is 0 Å². The van der Waals surface area contributed by atoms with Crippen molar-refractivity contribution in [1.82, 2.24) is 5.32 Å². The van der Waals surface area contributed by atoms with Gasteiger partial charge in [-0.05, 0) is 62.1 Å². The summed E-state index contributed by atoms with van der Waals surface area (Å²) < 4.78 is 0. The van der Waals surface area contributed by atoms with Crippen LogP contribution in [0.5, 0.6) is 0 Å². The summed E-state index contributed by atoms with van der Waals surface area (Å²) in [6, 6.07) is 9.83. The minimum absolute atomic E-state index is 0.707. The molecule has 0 bridgehead atoms. The van der Waals surface area contributed by atoms with Crippen molar-refractivity contribution in [1.29, 1.82) is 0 Å². The van der Waals surface area contributed by atoms with E-state index in [0.29, 0.717) is 6.04 Å². The molecule has 1 N–H and O–H groups in total.